The Morgan fingerprint density at radius 2 is 2.53 bits per heavy atom. The van der Waals surface area contributed by atoms with E-state index in [9.17, 15) is 4.79 Å². The second-order valence-electron chi connectivity index (χ2n) is 3.56. The van der Waals surface area contributed by atoms with Crippen LogP contribution in [0, 0.1) is 17.2 Å². The van der Waals surface area contributed by atoms with Crippen LogP contribution < -0.4 is 5.32 Å². The third kappa shape index (κ3) is 3.89. The number of ether oxygens (including phenoxy) is 1. The third-order valence-corrected chi connectivity index (χ3v) is 2.31. The van der Waals surface area contributed by atoms with Crippen LogP contribution in [0.5, 0.6) is 0 Å². The topological polar surface area (TPSA) is 79.9 Å². The highest BCUT2D eigenvalue weighted by Gasteiger charge is 2.15. The fourth-order valence-electron chi connectivity index (χ4n) is 1.30. The van der Waals surface area contributed by atoms with Gasteiger partial charge in [-0.05, 0) is 6.42 Å². The van der Waals surface area contributed by atoms with Gasteiger partial charge in [0.2, 0.25) is 5.91 Å². The lowest BCUT2D eigenvalue weighted by molar-refractivity contribution is -0.118. The maximum Gasteiger partial charge on any atom is 0.241 e. The molecule has 0 aliphatic heterocycles. The van der Waals surface area contributed by atoms with Crippen LogP contribution in [-0.4, -0.2) is 29.4 Å². The average Bonchev–Trinajstić information content (AvgIpc) is 2.75. The van der Waals surface area contributed by atoms with Crippen LogP contribution in [0.2, 0.25) is 0 Å². The molecule has 1 atom stereocenters. The zero-order chi connectivity index (χ0) is 12.7. The number of carbonyl (C=O) groups excluding carboxylic acids is 1. The van der Waals surface area contributed by atoms with Crippen molar-refractivity contribution in [2.24, 2.45) is 5.92 Å². The second kappa shape index (κ2) is 6.66. The van der Waals surface area contributed by atoms with Crippen LogP contribution in [0.3, 0.4) is 0 Å². The van der Waals surface area contributed by atoms with Gasteiger partial charge in [0.25, 0.3) is 0 Å². The number of amides is 1. The molecule has 1 aromatic heterocycles. The van der Waals surface area contributed by atoms with Crippen molar-refractivity contribution < 1.29 is 9.53 Å². The van der Waals surface area contributed by atoms with Gasteiger partial charge in [0.05, 0.1) is 31.1 Å². The van der Waals surface area contributed by atoms with Crippen LogP contribution in [-0.2, 0) is 16.1 Å². The number of methoxy groups -OCH3 is 1. The number of hydrogen-bond acceptors (Lipinski definition) is 4. The molecule has 6 nitrogen and oxygen atoms in total. The molecule has 0 aliphatic rings. The minimum Gasteiger partial charge on any atom is -0.383 e. The van der Waals surface area contributed by atoms with E-state index in [2.05, 4.69) is 10.4 Å². The highest BCUT2D eigenvalue weighted by atomic mass is 16.5. The maximum atomic E-state index is 11.6. The van der Waals surface area contributed by atoms with Gasteiger partial charge in [0.1, 0.15) is 5.92 Å². The molecule has 92 valence electrons. The van der Waals surface area contributed by atoms with Crippen molar-refractivity contribution in [2.45, 2.75) is 19.9 Å². The molecule has 1 heterocycles. The molecule has 0 aromatic carbocycles. The van der Waals surface area contributed by atoms with Crippen molar-refractivity contribution in [1.82, 2.24) is 9.78 Å². The Balaban J connectivity index is 2.54. The fourth-order valence-corrected chi connectivity index (χ4v) is 1.30. The van der Waals surface area contributed by atoms with Crippen LogP contribution in [0.4, 0.5) is 5.69 Å². The Bertz CT molecular complexity index is 408. The summed E-state index contributed by atoms with van der Waals surface area (Å²) >= 11 is 0. The normalized spacial score (nSPS) is 11.8. The largest absolute Gasteiger partial charge is 0.383 e. The van der Waals surface area contributed by atoms with Crippen molar-refractivity contribution in [3.05, 3.63) is 12.4 Å². The molecule has 0 saturated heterocycles. The molecule has 0 saturated carbocycles. The average molecular weight is 236 g/mol. The number of nitrogens with one attached hydrogen (secondary N) is 1. The number of carbonyl (C=O) groups is 1. The Morgan fingerprint density at radius 1 is 1.76 bits per heavy atom. The molecule has 6 heteroatoms. The Labute approximate surface area is 100 Å². The number of rotatable bonds is 6. The standard InChI is InChI=1S/C11H16N4O2/c1-3-9(6-12)11(16)14-10-7-13-15(8-10)4-5-17-2/h7-9H,3-5H2,1-2H3,(H,14,16). The number of anilines is 1. The Hall–Kier alpha value is -1.87. The van der Waals surface area contributed by atoms with Crippen molar-refractivity contribution in [1.29, 1.82) is 5.26 Å². The first-order chi connectivity index (χ1) is 8.21. The van der Waals surface area contributed by atoms with E-state index in [0.717, 1.165) is 0 Å². The smallest absolute Gasteiger partial charge is 0.241 e. The van der Waals surface area contributed by atoms with E-state index in [4.69, 9.17) is 10.00 Å². The molecule has 17 heavy (non-hydrogen) atoms. The van der Waals surface area contributed by atoms with E-state index in [1.165, 1.54) is 0 Å². The van der Waals surface area contributed by atoms with Gasteiger partial charge >= 0.3 is 0 Å². The molecule has 1 unspecified atom stereocenters. The zero-order valence-corrected chi connectivity index (χ0v) is 10.0. The van der Waals surface area contributed by atoms with Gasteiger partial charge in [-0.3, -0.25) is 9.48 Å². The molecule has 0 radical (unpaired) electrons. The summed E-state index contributed by atoms with van der Waals surface area (Å²) in [6.45, 7) is 2.99. The van der Waals surface area contributed by atoms with E-state index >= 15 is 0 Å². The summed E-state index contributed by atoms with van der Waals surface area (Å²) in [5.74, 6) is -0.904. The SMILES string of the molecule is CCC(C#N)C(=O)Nc1cnn(CCOC)c1. The van der Waals surface area contributed by atoms with Crippen molar-refractivity contribution in [2.75, 3.05) is 19.0 Å². The number of hydrogen-bond donors (Lipinski definition) is 1. The quantitative estimate of drug-likeness (QED) is 0.799. The predicted octanol–water partition coefficient (Wildman–Crippen LogP) is 1.02. The van der Waals surface area contributed by atoms with Crippen LogP contribution in [0.25, 0.3) is 0 Å². The predicted molar refractivity (Wildman–Crippen MR) is 62.1 cm³/mol. The van der Waals surface area contributed by atoms with Gasteiger partial charge in [-0.25, -0.2) is 0 Å². The molecule has 1 rings (SSSR count). The fraction of sp³-hybridized carbons (Fsp3) is 0.545. The van der Waals surface area contributed by atoms with Gasteiger partial charge in [0, 0.05) is 13.3 Å². The maximum absolute atomic E-state index is 11.6. The summed E-state index contributed by atoms with van der Waals surface area (Å²) in [7, 11) is 1.62. The zero-order valence-electron chi connectivity index (χ0n) is 10.0. The Kier molecular flexibility index (Phi) is 5.17. The first-order valence-corrected chi connectivity index (χ1v) is 5.43. The highest BCUT2D eigenvalue weighted by molar-refractivity contribution is 5.93. The van der Waals surface area contributed by atoms with Crippen LogP contribution in [0.1, 0.15) is 13.3 Å². The summed E-state index contributed by atoms with van der Waals surface area (Å²) in [6, 6.07) is 1.95. The first kappa shape index (κ1) is 13.2. The van der Waals surface area contributed by atoms with Gasteiger partial charge < -0.3 is 10.1 Å². The lowest BCUT2D eigenvalue weighted by Crippen LogP contribution is -2.20. The third-order valence-electron chi connectivity index (χ3n) is 2.31. The molecule has 0 bridgehead atoms. The molecule has 1 amide bonds. The summed E-state index contributed by atoms with van der Waals surface area (Å²) in [5.41, 5.74) is 0.597. The molecule has 1 aromatic rings. The Morgan fingerprint density at radius 3 is 3.12 bits per heavy atom. The molecular formula is C11H16N4O2. The van der Waals surface area contributed by atoms with Crippen molar-refractivity contribution in [3.63, 3.8) is 0 Å². The lowest BCUT2D eigenvalue weighted by atomic mass is 10.1. The van der Waals surface area contributed by atoms with Crippen molar-refractivity contribution >= 4 is 11.6 Å². The van der Waals surface area contributed by atoms with Gasteiger partial charge in [-0.2, -0.15) is 10.4 Å². The number of aromatic nitrogens is 2. The molecule has 1 N–H and O–H groups in total. The summed E-state index contributed by atoms with van der Waals surface area (Å²) in [6.07, 6.45) is 3.76. The van der Waals surface area contributed by atoms with E-state index < -0.39 is 5.92 Å². The molecule has 0 spiro atoms. The van der Waals surface area contributed by atoms with Gasteiger partial charge in [-0.1, -0.05) is 6.92 Å². The summed E-state index contributed by atoms with van der Waals surface area (Å²) < 4.78 is 6.59. The van der Waals surface area contributed by atoms with Gasteiger partial charge in [0.15, 0.2) is 0 Å². The molecular weight excluding hydrogens is 220 g/mol. The van der Waals surface area contributed by atoms with Gasteiger partial charge in [-0.15, -0.1) is 0 Å². The number of nitriles is 1. The minimum atomic E-state index is -0.614. The highest BCUT2D eigenvalue weighted by Crippen LogP contribution is 2.09. The molecule has 0 aliphatic carbocycles. The first-order valence-electron chi connectivity index (χ1n) is 5.43. The van der Waals surface area contributed by atoms with Crippen LogP contribution in [0.15, 0.2) is 12.4 Å². The lowest BCUT2D eigenvalue weighted by Gasteiger charge is -2.05. The minimum absolute atomic E-state index is 0.290. The monoisotopic (exact) mass is 236 g/mol. The van der Waals surface area contributed by atoms with Crippen molar-refractivity contribution in [3.8, 4) is 6.07 Å². The number of nitrogens with zero attached hydrogens (tertiary/aromatic N) is 3. The second-order valence-corrected chi connectivity index (χ2v) is 3.56. The van der Waals surface area contributed by atoms with E-state index in [1.807, 2.05) is 6.07 Å². The summed E-state index contributed by atoms with van der Waals surface area (Å²) in [4.78, 5) is 11.6. The summed E-state index contributed by atoms with van der Waals surface area (Å²) in [5, 5.41) is 15.5. The van der Waals surface area contributed by atoms with E-state index in [1.54, 1.807) is 31.1 Å². The van der Waals surface area contributed by atoms with E-state index in [-0.39, 0.29) is 5.91 Å². The van der Waals surface area contributed by atoms with E-state index in [0.29, 0.717) is 25.3 Å². The molecule has 0 fully saturated rings. The van der Waals surface area contributed by atoms with Crippen LogP contribution >= 0.6 is 0 Å².